The van der Waals surface area contributed by atoms with Gasteiger partial charge in [-0.05, 0) is 24.5 Å². The first kappa shape index (κ1) is 7.50. The van der Waals surface area contributed by atoms with E-state index in [1.54, 1.807) is 20.0 Å². The second kappa shape index (κ2) is 2.98. The molecule has 56 valence electrons. The number of rotatable bonds is 1. The van der Waals surface area contributed by atoms with Crippen LogP contribution in [0.1, 0.15) is 11.4 Å². The van der Waals surface area contributed by atoms with Crippen molar-refractivity contribution >= 4 is 5.82 Å². The van der Waals surface area contributed by atoms with Crippen LogP contribution in [0.25, 0.3) is 10.4 Å². The number of azide groups is 1. The van der Waals surface area contributed by atoms with E-state index in [2.05, 4.69) is 20.0 Å². The van der Waals surface area contributed by atoms with E-state index in [1.165, 1.54) is 0 Å². The zero-order chi connectivity index (χ0) is 8.27. The van der Waals surface area contributed by atoms with Crippen LogP contribution in [0.15, 0.2) is 11.3 Å². The highest BCUT2D eigenvalue weighted by atomic mass is 15.2. The summed E-state index contributed by atoms with van der Waals surface area (Å²) in [7, 11) is 0. The van der Waals surface area contributed by atoms with Crippen molar-refractivity contribution in [2.75, 3.05) is 0 Å². The van der Waals surface area contributed by atoms with E-state index in [1.807, 2.05) is 0 Å². The second-order valence-corrected chi connectivity index (χ2v) is 2.11. The SMILES string of the molecule is Cc1cnc(C)c(N=[N+]=[N-])n1. The Balaban J connectivity index is 3.22. The van der Waals surface area contributed by atoms with Gasteiger partial charge < -0.3 is 0 Å². The van der Waals surface area contributed by atoms with E-state index in [4.69, 9.17) is 5.53 Å². The third kappa shape index (κ3) is 1.65. The summed E-state index contributed by atoms with van der Waals surface area (Å²) in [5, 5.41) is 3.37. The summed E-state index contributed by atoms with van der Waals surface area (Å²) in [4.78, 5) is 10.6. The molecule has 0 saturated heterocycles. The zero-order valence-corrected chi connectivity index (χ0v) is 6.31. The van der Waals surface area contributed by atoms with Gasteiger partial charge in [-0.15, -0.1) is 0 Å². The summed E-state index contributed by atoms with van der Waals surface area (Å²) in [6, 6.07) is 0. The molecule has 5 heteroatoms. The Hall–Kier alpha value is -1.61. The van der Waals surface area contributed by atoms with Gasteiger partial charge in [-0.1, -0.05) is 0 Å². The number of hydrogen-bond acceptors (Lipinski definition) is 3. The largest absolute Gasteiger partial charge is 0.258 e. The van der Waals surface area contributed by atoms with Crippen LogP contribution in [0, 0.1) is 13.8 Å². The van der Waals surface area contributed by atoms with Crippen molar-refractivity contribution in [2.45, 2.75) is 13.8 Å². The maximum atomic E-state index is 8.13. The van der Waals surface area contributed by atoms with Gasteiger partial charge in [-0.3, -0.25) is 4.98 Å². The van der Waals surface area contributed by atoms with Gasteiger partial charge in [0.05, 0.1) is 11.4 Å². The van der Waals surface area contributed by atoms with Gasteiger partial charge in [0, 0.05) is 11.1 Å². The molecule has 0 fully saturated rings. The van der Waals surface area contributed by atoms with Crippen LogP contribution >= 0.6 is 0 Å². The van der Waals surface area contributed by atoms with Gasteiger partial charge in [0.2, 0.25) is 0 Å². The molecule has 0 aliphatic heterocycles. The molecule has 0 N–H and O–H groups in total. The summed E-state index contributed by atoms with van der Waals surface area (Å²) in [5.41, 5.74) is 9.52. The number of aromatic nitrogens is 2. The third-order valence-corrected chi connectivity index (χ3v) is 1.19. The van der Waals surface area contributed by atoms with Gasteiger partial charge >= 0.3 is 0 Å². The molecule has 1 aromatic rings. The molecule has 1 rings (SSSR count). The summed E-state index contributed by atoms with van der Waals surface area (Å²) < 4.78 is 0. The van der Waals surface area contributed by atoms with Crippen LogP contribution in [0.5, 0.6) is 0 Å². The van der Waals surface area contributed by atoms with Crippen LogP contribution in [0.4, 0.5) is 5.82 Å². The van der Waals surface area contributed by atoms with Crippen molar-refractivity contribution in [3.8, 4) is 0 Å². The zero-order valence-electron chi connectivity index (χ0n) is 6.31. The minimum atomic E-state index is 0.354. The molecule has 5 nitrogen and oxygen atoms in total. The quantitative estimate of drug-likeness (QED) is 0.348. The number of hydrogen-bond donors (Lipinski definition) is 0. The fraction of sp³-hybridized carbons (Fsp3) is 0.333. The Bertz CT molecular complexity index is 313. The summed E-state index contributed by atoms with van der Waals surface area (Å²) >= 11 is 0. The lowest BCUT2D eigenvalue weighted by atomic mass is 10.4. The average Bonchev–Trinajstić information content (AvgIpc) is 1.98. The standard InChI is InChI=1S/C6H7N5/c1-4-3-8-5(2)6(9-4)10-11-7/h3H,1-2H3. The molecule has 0 spiro atoms. The Morgan fingerprint density at radius 1 is 1.55 bits per heavy atom. The van der Waals surface area contributed by atoms with Gasteiger partial charge in [-0.2, -0.15) is 0 Å². The molecule has 0 unspecified atom stereocenters. The van der Waals surface area contributed by atoms with Crippen LogP contribution in [0.3, 0.4) is 0 Å². The first-order valence-corrected chi connectivity index (χ1v) is 3.09. The number of aryl methyl sites for hydroxylation is 2. The molecule has 0 aromatic carbocycles. The van der Waals surface area contributed by atoms with Gasteiger partial charge in [-0.25, -0.2) is 4.98 Å². The normalized spacial score (nSPS) is 8.91. The molecule has 0 aliphatic rings. The summed E-state index contributed by atoms with van der Waals surface area (Å²) in [6.07, 6.45) is 1.63. The van der Waals surface area contributed by atoms with Crippen molar-refractivity contribution in [3.63, 3.8) is 0 Å². The predicted octanol–water partition coefficient (Wildman–Crippen LogP) is 2.04. The molecule has 0 saturated carbocycles. The highest BCUT2D eigenvalue weighted by molar-refractivity contribution is 5.32. The van der Waals surface area contributed by atoms with E-state index >= 15 is 0 Å². The Morgan fingerprint density at radius 3 is 2.91 bits per heavy atom. The molecule has 0 atom stereocenters. The van der Waals surface area contributed by atoms with E-state index in [9.17, 15) is 0 Å². The maximum Gasteiger partial charge on any atom is 0.148 e. The topological polar surface area (TPSA) is 74.5 Å². The van der Waals surface area contributed by atoms with Crippen molar-refractivity contribution in [1.82, 2.24) is 9.97 Å². The molecule has 11 heavy (non-hydrogen) atoms. The molecule has 0 amide bonds. The van der Waals surface area contributed by atoms with Crippen molar-refractivity contribution in [1.29, 1.82) is 0 Å². The van der Waals surface area contributed by atoms with Crippen molar-refractivity contribution in [2.24, 2.45) is 5.11 Å². The van der Waals surface area contributed by atoms with E-state index < -0.39 is 0 Å². The highest BCUT2D eigenvalue weighted by Gasteiger charge is 1.96. The molecule has 1 heterocycles. The van der Waals surface area contributed by atoms with Gasteiger partial charge in [0.1, 0.15) is 5.82 Å². The van der Waals surface area contributed by atoms with Gasteiger partial charge in [0.15, 0.2) is 0 Å². The van der Waals surface area contributed by atoms with E-state index in [0.29, 0.717) is 11.5 Å². The van der Waals surface area contributed by atoms with Crippen LogP contribution in [-0.2, 0) is 0 Å². The Morgan fingerprint density at radius 2 is 2.27 bits per heavy atom. The Kier molecular flexibility index (Phi) is 2.03. The molecule has 0 bridgehead atoms. The lowest BCUT2D eigenvalue weighted by Crippen LogP contribution is -1.87. The maximum absolute atomic E-state index is 8.13. The number of nitrogens with zero attached hydrogens (tertiary/aromatic N) is 5. The summed E-state index contributed by atoms with van der Waals surface area (Å²) in [6.45, 7) is 3.54. The summed E-state index contributed by atoms with van der Waals surface area (Å²) in [5.74, 6) is 0.354. The second-order valence-electron chi connectivity index (χ2n) is 2.11. The molecule has 0 aliphatic carbocycles. The minimum Gasteiger partial charge on any atom is -0.258 e. The monoisotopic (exact) mass is 149 g/mol. The molecule has 1 aromatic heterocycles. The molecule has 0 radical (unpaired) electrons. The van der Waals surface area contributed by atoms with Crippen molar-refractivity contribution < 1.29 is 0 Å². The van der Waals surface area contributed by atoms with Crippen LogP contribution in [-0.4, -0.2) is 9.97 Å². The average molecular weight is 149 g/mol. The fourth-order valence-electron chi connectivity index (χ4n) is 0.662. The van der Waals surface area contributed by atoms with E-state index in [-0.39, 0.29) is 0 Å². The lowest BCUT2D eigenvalue weighted by Gasteiger charge is -1.96. The fourth-order valence-corrected chi connectivity index (χ4v) is 0.662. The predicted molar refractivity (Wildman–Crippen MR) is 40.3 cm³/mol. The minimum absolute atomic E-state index is 0.354. The first-order valence-electron chi connectivity index (χ1n) is 3.09. The molecular formula is C6H7N5. The first-order chi connectivity index (χ1) is 5.24. The Labute approximate surface area is 63.7 Å². The lowest BCUT2D eigenvalue weighted by molar-refractivity contribution is 1.05. The van der Waals surface area contributed by atoms with Crippen LogP contribution in [0.2, 0.25) is 0 Å². The van der Waals surface area contributed by atoms with Crippen molar-refractivity contribution in [3.05, 3.63) is 28.0 Å². The van der Waals surface area contributed by atoms with Crippen LogP contribution < -0.4 is 0 Å². The smallest absolute Gasteiger partial charge is 0.148 e. The molecular weight excluding hydrogens is 142 g/mol. The third-order valence-electron chi connectivity index (χ3n) is 1.19. The van der Waals surface area contributed by atoms with E-state index in [0.717, 1.165) is 5.69 Å². The van der Waals surface area contributed by atoms with Gasteiger partial charge in [0.25, 0.3) is 0 Å². The highest BCUT2D eigenvalue weighted by Crippen LogP contribution is 2.11.